The zero-order chi connectivity index (χ0) is 38.0. The first-order valence-corrected chi connectivity index (χ1v) is 17.7. The van der Waals surface area contributed by atoms with Gasteiger partial charge in [-0.05, 0) is 70.6 Å². The maximum Gasteiger partial charge on any atom is 0.414 e. The van der Waals surface area contributed by atoms with Crippen LogP contribution in [-0.2, 0) is 25.5 Å². The number of carbonyl (C=O) groups is 3. The number of nitrogens with one attached hydrogen (secondary N) is 2. The summed E-state index contributed by atoms with van der Waals surface area (Å²) in [4.78, 5) is 45.7. The van der Waals surface area contributed by atoms with Gasteiger partial charge in [0.15, 0.2) is 17.9 Å². The van der Waals surface area contributed by atoms with Crippen molar-refractivity contribution in [1.82, 2.24) is 20.1 Å². The third-order valence-electron chi connectivity index (χ3n) is 9.10. The summed E-state index contributed by atoms with van der Waals surface area (Å²) in [6, 6.07) is 5.38. The number of thiocarbonyl (C=S) groups is 1. The number of para-hydroxylation sites is 1. The largest absolute Gasteiger partial charge is 0.492 e. The predicted molar refractivity (Wildman–Crippen MR) is 194 cm³/mol. The number of benzene rings is 1. The van der Waals surface area contributed by atoms with Gasteiger partial charge in [-0.1, -0.05) is 18.3 Å². The minimum atomic E-state index is -1.41. The molecule has 52 heavy (non-hydrogen) atoms. The van der Waals surface area contributed by atoms with Crippen molar-refractivity contribution in [2.24, 2.45) is 17.8 Å². The van der Waals surface area contributed by atoms with Crippen molar-refractivity contribution in [2.45, 2.75) is 70.9 Å². The van der Waals surface area contributed by atoms with Crippen molar-refractivity contribution in [3.05, 3.63) is 48.0 Å². The van der Waals surface area contributed by atoms with Gasteiger partial charge in [0.25, 0.3) is 0 Å². The molecule has 286 valence electrons. The number of piperidine rings is 2. The van der Waals surface area contributed by atoms with E-state index in [1.807, 2.05) is 20.8 Å². The van der Waals surface area contributed by atoms with Crippen molar-refractivity contribution in [3.63, 3.8) is 0 Å². The van der Waals surface area contributed by atoms with Crippen LogP contribution >= 0.6 is 12.2 Å². The van der Waals surface area contributed by atoms with Crippen molar-refractivity contribution in [1.29, 1.82) is 0 Å². The number of hydrogen-bond donors (Lipinski definition) is 3. The van der Waals surface area contributed by atoms with Gasteiger partial charge in [-0.3, -0.25) is 9.78 Å². The minimum absolute atomic E-state index is 0.00424. The number of methoxy groups -OCH3 is 3. The molecule has 3 heterocycles. The molecule has 3 amide bonds. The number of anilines is 1. The van der Waals surface area contributed by atoms with Crippen LogP contribution in [0.1, 0.15) is 52.0 Å². The molecule has 2 aromatic rings. The fourth-order valence-corrected chi connectivity index (χ4v) is 6.91. The number of carbonyl (C=O) groups excluding carboxylic acids is 2. The molecule has 2 aliphatic rings. The summed E-state index contributed by atoms with van der Waals surface area (Å²) in [5, 5.41) is 16.5. The molecule has 0 radical (unpaired) electrons. The van der Waals surface area contributed by atoms with Crippen LogP contribution in [0.25, 0.3) is 0 Å². The van der Waals surface area contributed by atoms with E-state index in [1.54, 1.807) is 29.4 Å². The van der Waals surface area contributed by atoms with E-state index in [-0.39, 0.29) is 41.5 Å². The average Bonchev–Trinajstić information content (AvgIpc) is 3.10. The third-order valence-corrected chi connectivity index (χ3v) is 9.46. The highest BCUT2D eigenvalue weighted by molar-refractivity contribution is 7.80. The number of aromatic nitrogens is 1. The first-order chi connectivity index (χ1) is 24.8. The lowest BCUT2D eigenvalue weighted by Crippen LogP contribution is -2.62. The summed E-state index contributed by atoms with van der Waals surface area (Å²) in [5.41, 5.74) is 0.351. The summed E-state index contributed by atoms with van der Waals surface area (Å²) in [6.45, 7) is 7.10. The lowest BCUT2D eigenvalue weighted by molar-refractivity contribution is -0.137. The molecule has 14 nitrogen and oxygen atoms in total. The zero-order valence-electron chi connectivity index (χ0n) is 30.6. The van der Waals surface area contributed by atoms with Crippen LogP contribution in [0.15, 0.2) is 36.7 Å². The number of nitrogens with zero attached hydrogens (tertiary/aromatic N) is 3. The van der Waals surface area contributed by atoms with Gasteiger partial charge in [-0.25, -0.2) is 18.9 Å². The number of carboxylic acid groups (broad SMARTS) is 1. The van der Waals surface area contributed by atoms with E-state index in [1.165, 1.54) is 33.5 Å². The van der Waals surface area contributed by atoms with Gasteiger partial charge in [-0.15, -0.1) is 0 Å². The molecule has 3 N–H and O–H groups in total. The Kier molecular flexibility index (Phi) is 14.5. The maximum absolute atomic E-state index is 14.6. The molecule has 0 aliphatic carbocycles. The van der Waals surface area contributed by atoms with E-state index in [2.05, 4.69) is 15.6 Å². The van der Waals surface area contributed by atoms with Crippen molar-refractivity contribution in [2.75, 3.05) is 52.9 Å². The molecule has 0 saturated carbocycles. The number of ether oxygens (including phenoxy) is 5. The van der Waals surface area contributed by atoms with E-state index in [4.69, 9.17) is 35.9 Å². The molecular weight excluding hydrogens is 697 g/mol. The molecule has 2 saturated heterocycles. The fraction of sp³-hybridized carbons (Fsp3) is 0.583. The highest BCUT2D eigenvalue weighted by atomic mass is 32.1. The SMILES string of the molecule is COc1c(F)cccc1NC(=S)C1C(=O)N(C(=O)O)CC(CCC(OC)OC)C1NCc1ccncc1OCC1CCCN(C(=O)OC(C)(C)C)C1. The second-order valence-electron chi connectivity index (χ2n) is 13.9. The smallest absolute Gasteiger partial charge is 0.414 e. The summed E-state index contributed by atoms with van der Waals surface area (Å²) in [7, 11) is 4.34. The number of imide groups is 1. The molecule has 4 unspecified atom stereocenters. The van der Waals surface area contributed by atoms with E-state index in [0.29, 0.717) is 38.3 Å². The Morgan fingerprint density at radius 2 is 1.90 bits per heavy atom. The number of rotatable bonds is 14. The quantitative estimate of drug-likeness (QED) is 0.169. The van der Waals surface area contributed by atoms with Crippen LogP contribution in [0, 0.1) is 23.6 Å². The molecular formula is C36H50FN5O9S. The van der Waals surface area contributed by atoms with Crippen molar-refractivity contribution >= 4 is 41.0 Å². The normalized spacial score (nSPS) is 20.8. The Labute approximate surface area is 309 Å². The molecule has 0 bridgehead atoms. The van der Waals surface area contributed by atoms with E-state index in [0.717, 1.165) is 23.3 Å². The topological polar surface area (TPSA) is 161 Å². The summed E-state index contributed by atoms with van der Waals surface area (Å²) in [5.74, 6) is -2.43. The van der Waals surface area contributed by atoms with E-state index < -0.39 is 47.6 Å². The second kappa shape index (κ2) is 18.6. The number of likely N-dealkylation sites (tertiary alicyclic amines) is 2. The monoisotopic (exact) mass is 747 g/mol. The number of pyridine rings is 1. The summed E-state index contributed by atoms with van der Waals surface area (Å²) in [6.07, 6.45) is 3.47. The standard InChI is InChI=1S/C36H50FN5O9S/c1-36(2,3)51-35(46)41-16-8-9-22(19-41)21-50-27-18-38-15-14-23(27)17-39-30-24(12-13-28(47-4)48-5)20-42(34(44)45)33(43)29(30)32(52)40-26-11-7-10-25(37)31(26)49-6/h7,10-11,14-15,18,22,24,28-30,39H,8-9,12-13,16-17,19-21H2,1-6H3,(H,40,52)(H,44,45). The molecule has 1 aromatic heterocycles. The molecule has 0 spiro atoms. The Hall–Kier alpha value is -4.12. The Bertz CT molecular complexity index is 1560. The predicted octanol–water partition coefficient (Wildman–Crippen LogP) is 5.30. The Morgan fingerprint density at radius 1 is 1.15 bits per heavy atom. The number of halogens is 1. The molecule has 4 rings (SSSR count). The van der Waals surface area contributed by atoms with Crippen LogP contribution in [-0.4, -0.2) is 108 Å². The molecule has 2 fully saturated rings. The maximum atomic E-state index is 14.6. The van der Waals surface area contributed by atoms with Gasteiger partial charge in [0.1, 0.15) is 17.3 Å². The molecule has 4 atom stereocenters. The zero-order valence-corrected chi connectivity index (χ0v) is 31.4. The van der Waals surface area contributed by atoms with Gasteiger partial charge < -0.3 is 44.3 Å². The first kappa shape index (κ1) is 40.6. The number of hydrogen-bond acceptors (Lipinski definition) is 11. The van der Waals surface area contributed by atoms with Crippen LogP contribution < -0.4 is 20.1 Å². The molecule has 16 heteroatoms. The highest BCUT2D eigenvalue weighted by Crippen LogP contribution is 2.33. The highest BCUT2D eigenvalue weighted by Gasteiger charge is 2.47. The lowest BCUT2D eigenvalue weighted by atomic mass is 9.80. The third kappa shape index (κ3) is 10.7. The van der Waals surface area contributed by atoms with Gasteiger partial charge in [0, 0.05) is 64.1 Å². The van der Waals surface area contributed by atoms with Gasteiger partial charge >= 0.3 is 12.2 Å². The fourth-order valence-electron chi connectivity index (χ4n) is 6.56. The number of amides is 3. The second-order valence-corrected chi connectivity index (χ2v) is 14.3. The Balaban J connectivity index is 1.56. The van der Waals surface area contributed by atoms with Gasteiger partial charge in [0.05, 0.1) is 30.6 Å². The lowest BCUT2D eigenvalue weighted by Gasteiger charge is -2.42. The van der Waals surface area contributed by atoms with Gasteiger partial charge in [0.2, 0.25) is 5.91 Å². The van der Waals surface area contributed by atoms with Crippen LogP contribution in [0.3, 0.4) is 0 Å². The van der Waals surface area contributed by atoms with Crippen LogP contribution in [0.5, 0.6) is 11.5 Å². The summed E-state index contributed by atoms with van der Waals surface area (Å²) >= 11 is 5.77. The van der Waals surface area contributed by atoms with E-state index >= 15 is 0 Å². The van der Waals surface area contributed by atoms with Gasteiger partial charge in [-0.2, -0.15) is 0 Å². The van der Waals surface area contributed by atoms with Crippen LogP contribution in [0.2, 0.25) is 0 Å². The molecule has 1 aromatic carbocycles. The first-order valence-electron chi connectivity index (χ1n) is 17.3. The minimum Gasteiger partial charge on any atom is -0.492 e. The average molecular weight is 748 g/mol. The van der Waals surface area contributed by atoms with E-state index in [9.17, 15) is 23.9 Å². The van der Waals surface area contributed by atoms with Crippen molar-refractivity contribution < 1.29 is 47.6 Å². The molecule has 2 aliphatic heterocycles. The summed E-state index contributed by atoms with van der Waals surface area (Å²) < 4.78 is 42.5. The Morgan fingerprint density at radius 3 is 2.58 bits per heavy atom. The van der Waals surface area contributed by atoms with Crippen LogP contribution in [0.4, 0.5) is 19.7 Å². The van der Waals surface area contributed by atoms with Crippen molar-refractivity contribution in [3.8, 4) is 11.5 Å².